The Kier molecular flexibility index (Phi) is 5.49. The van der Waals surface area contributed by atoms with E-state index in [1.54, 1.807) is 22.9 Å². The second-order valence-corrected chi connectivity index (χ2v) is 7.74. The van der Waals surface area contributed by atoms with Gasteiger partial charge >= 0.3 is 0 Å². The van der Waals surface area contributed by atoms with E-state index in [0.717, 1.165) is 16.3 Å². The molecule has 0 aliphatic rings. The SMILES string of the molecule is Cc1ccc(N(Cc2ccco2)C(=O)CSc2ccc3ccccc3c2)cc1. The van der Waals surface area contributed by atoms with Crippen LogP contribution in [0.2, 0.25) is 0 Å². The molecule has 0 spiro atoms. The number of benzene rings is 3. The lowest BCUT2D eigenvalue weighted by Crippen LogP contribution is -2.31. The number of fused-ring (bicyclic) bond motifs is 1. The molecule has 0 aliphatic heterocycles. The summed E-state index contributed by atoms with van der Waals surface area (Å²) >= 11 is 1.56. The highest BCUT2D eigenvalue weighted by Gasteiger charge is 2.18. The Morgan fingerprint density at radius 2 is 1.71 bits per heavy atom. The summed E-state index contributed by atoms with van der Waals surface area (Å²) in [4.78, 5) is 15.9. The lowest BCUT2D eigenvalue weighted by atomic mass is 10.1. The summed E-state index contributed by atoms with van der Waals surface area (Å²) in [6.45, 7) is 2.46. The third-order valence-corrected chi connectivity index (χ3v) is 5.60. The van der Waals surface area contributed by atoms with Gasteiger partial charge in [-0.2, -0.15) is 0 Å². The third kappa shape index (κ3) is 4.29. The topological polar surface area (TPSA) is 33.5 Å². The lowest BCUT2D eigenvalue weighted by Gasteiger charge is -2.22. The number of hydrogen-bond acceptors (Lipinski definition) is 3. The third-order valence-electron chi connectivity index (χ3n) is 4.62. The molecule has 140 valence electrons. The molecule has 4 aromatic rings. The molecule has 28 heavy (non-hydrogen) atoms. The number of thioether (sulfide) groups is 1. The van der Waals surface area contributed by atoms with Crippen molar-refractivity contribution < 1.29 is 9.21 Å². The number of furan rings is 1. The quantitative estimate of drug-likeness (QED) is 0.377. The molecule has 0 unspecified atom stereocenters. The summed E-state index contributed by atoms with van der Waals surface area (Å²) < 4.78 is 5.47. The van der Waals surface area contributed by atoms with Crippen LogP contribution in [0.15, 0.2) is 94.4 Å². The first-order chi connectivity index (χ1) is 13.7. The molecular weight excluding hydrogens is 366 g/mol. The van der Waals surface area contributed by atoms with Gasteiger partial charge in [-0.15, -0.1) is 11.8 Å². The Labute approximate surface area is 169 Å². The maximum atomic E-state index is 13.1. The minimum atomic E-state index is 0.0541. The molecule has 1 amide bonds. The van der Waals surface area contributed by atoms with Crippen molar-refractivity contribution in [3.63, 3.8) is 0 Å². The van der Waals surface area contributed by atoms with Crippen molar-refractivity contribution in [2.75, 3.05) is 10.7 Å². The molecule has 4 rings (SSSR count). The van der Waals surface area contributed by atoms with Crippen LogP contribution in [-0.2, 0) is 11.3 Å². The van der Waals surface area contributed by atoms with Crippen molar-refractivity contribution in [2.45, 2.75) is 18.4 Å². The zero-order valence-corrected chi connectivity index (χ0v) is 16.5. The van der Waals surface area contributed by atoms with Crippen LogP contribution < -0.4 is 4.90 Å². The molecule has 0 saturated heterocycles. The number of carbonyl (C=O) groups is 1. The average Bonchev–Trinajstić information content (AvgIpc) is 3.24. The second-order valence-electron chi connectivity index (χ2n) is 6.69. The Hall–Kier alpha value is -2.98. The predicted octanol–water partition coefficient (Wildman–Crippen LogP) is 6.07. The molecule has 1 aromatic heterocycles. The van der Waals surface area contributed by atoms with Gasteiger partial charge in [0.25, 0.3) is 0 Å². The molecule has 0 saturated carbocycles. The van der Waals surface area contributed by atoms with E-state index in [-0.39, 0.29) is 5.91 Å². The summed E-state index contributed by atoms with van der Waals surface area (Å²) in [7, 11) is 0. The van der Waals surface area contributed by atoms with Crippen LogP contribution in [0.3, 0.4) is 0 Å². The van der Waals surface area contributed by atoms with E-state index < -0.39 is 0 Å². The fourth-order valence-electron chi connectivity index (χ4n) is 3.09. The van der Waals surface area contributed by atoms with Crippen LogP contribution in [0.1, 0.15) is 11.3 Å². The molecule has 3 aromatic carbocycles. The fraction of sp³-hybridized carbons (Fsp3) is 0.125. The average molecular weight is 388 g/mol. The molecule has 3 nitrogen and oxygen atoms in total. The highest BCUT2D eigenvalue weighted by molar-refractivity contribution is 8.00. The number of nitrogens with zero attached hydrogens (tertiary/aromatic N) is 1. The highest BCUT2D eigenvalue weighted by atomic mass is 32.2. The molecule has 0 fully saturated rings. The van der Waals surface area contributed by atoms with E-state index in [1.165, 1.54) is 16.3 Å². The van der Waals surface area contributed by atoms with Crippen molar-refractivity contribution in [1.29, 1.82) is 0 Å². The van der Waals surface area contributed by atoms with E-state index in [1.807, 2.05) is 55.5 Å². The van der Waals surface area contributed by atoms with Crippen molar-refractivity contribution in [2.24, 2.45) is 0 Å². The van der Waals surface area contributed by atoms with Gasteiger partial charge < -0.3 is 9.32 Å². The Bertz CT molecular complexity index is 1070. The zero-order valence-electron chi connectivity index (χ0n) is 15.7. The molecule has 0 bridgehead atoms. The second kappa shape index (κ2) is 8.36. The van der Waals surface area contributed by atoms with Gasteiger partial charge in [-0.1, -0.05) is 48.0 Å². The smallest absolute Gasteiger partial charge is 0.237 e. The lowest BCUT2D eigenvalue weighted by molar-refractivity contribution is -0.116. The van der Waals surface area contributed by atoms with Crippen molar-refractivity contribution in [1.82, 2.24) is 0 Å². The molecule has 4 heteroatoms. The molecular formula is C24H21NO2S. The van der Waals surface area contributed by atoms with Crippen LogP contribution in [0.5, 0.6) is 0 Å². The minimum Gasteiger partial charge on any atom is -0.467 e. The largest absolute Gasteiger partial charge is 0.467 e. The molecule has 1 heterocycles. The van der Waals surface area contributed by atoms with E-state index in [2.05, 4.69) is 30.3 Å². The normalized spacial score (nSPS) is 10.9. The first-order valence-corrected chi connectivity index (χ1v) is 10.2. The van der Waals surface area contributed by atoms with Gasteiger partial charge in [-0.3, -0.25) is 4.79 Å². The number of amides is 1. The molecule has 0 N–H and O–H groups in total. The van der Waals surface area contributed by atoms with Crippen LogP contribution in [0.4, 0.5) is 5.69 Å². The Balaban J connectivity index is 1.51. The summed E-state index contributed by atoms with van der Waals surface area (Å²) in [5.41, 5.74) is 2.05. The van der Waals surface area contributed by atoms with Gasteiger partial charge in [0.1, 0.15) is 5.76 Å². The van der Waals surface area contributed by atoms with Gasteiger partial charge in [0.05, 0.1) is 18.6 Å². The standard InChI is InChI=1S/C24H21NO2S/c1-18-8-11-21(12-9-18)25(16-22-7-4-14-27-22)24(26)17-28-23-13-10-19-5-2-3-6-20(19)15-23/h2-15H,16-17H2,1H3. The van der Waals surface area contributed by atoms with E-state index in [9.17, 15) is 4.79 Å². The van der Waals surface area contributed by atoms with Crippen LogP contribution >= 0.6 is 11.8 Å². The van der Waals surface area contributed by atoms with Gasteiger partial charge in [0.2, 0.25) is 5.91 Å². The number of carbonyl (C=O) groups excluding carboxylic acids is 1. The number of rotatable bonds is 6. The fourth-order valence-corrected chi connectivity index (χ4v) is 3.91. The Morgan fingerprint density at radius 1 is 0.929 bits per heavy atom. The first-order valence-electron chi connectivity index (χ1n) is 9.20. The number of aryl methyl sites for hydroxylation is 1. The summed E-state index contributed by atoms with van der Waals surface area (Å²) in [5, 5.41) is 2.39. The zero-order chi connectivity index (χ0) is 19.3. The Morgan fingerprint density at radius 3 is 2.46 bits per heavy atom. The van der Waals surface area contributed by atoms with Crippen molar-refractivity contribution in [3.05, 3.63) is 96.4 Å². The van der Waals surface area contributed by atoms with Crippen molar-refractivity contribution >= 4 is 34.1 Å². The van der Waals surface area contributed by atoms with E-state index in [4.69, 9.17) is 4.42 Å². The molecule has 0 aliphatic carbocycles. The molecule has 0 radical (unpaired) electrons. The maximum absolute atomic E-state index is 13.1. The summed E-state index contributed by atoms with van der Waals surface area (Å²) in [5.74, 6) is 1.19. The van der Waals surface area contributed by atoms with Gasteiger partial charge in [-0.05, 0) is 54.1 Å². The predicted molar refractivity (Wildman–Crippen MR) is 116 cm³/mol. The summed E-state index contributed by atoms with van der Waals surface area (Å²) in [6, 6.07) is 26.3. The van der Waals surface area contributed by atoms with E-state index >= 15 is 0 Å². The number of anilines is 1. The molecule has 0 atom stereocenters. The van der Waals surface area contributed by atoms with Crippen LogP contribution in [-0.4, -0.2) is 11.7 Å². The summed E-state index contributed by atoms with van der Waals surface area (Å²) in [6.07, 6.45) is 1.64. The van der Waals surface area contributed by atoms with E-state index in [0.29, 0.717) is 12.3 Å². The minimum absolute atomic E-state index is 0.0541. The maximum Gasteiger partial charge on any atom is 0.237 e. The van der Waals surface area contributed by atoms with Crippen LogP contribution in [0, 0.1) is 6.92 Å². The monoisotopic (exact) mass is 387 g/mol. The first kappa shape index (κ1) is 18.4. The van der Waals surface area contributed by atoms with Crippen LogP contribution in [0.25, 0.3) is 10.8 Å². The number of hydrogen-bond donors (Lipinski definition) is 0. The van der Waals surface area contributed by atoms with Crippen molar-refractivity contribution in [3.8, 4) is 0 Å². The van der Waals surface area contributed by atoms with Gasteiger partial charge in [-0.25, -0.2) is 0 Å². The highest BCUT2D eigenvalue weighted by Crippen LogP contribution is 2.26. The van der Waals surface area contributed by atoms with Gasteiger partial charge in [0, 0.05) is 10.6 Å². The van der Waals surface area contributed by atoms with Gasteiger partial charge in [0.15, 0.2) is 0 Å².